The van der Waals surface area contributed by atoms with Gasteiger partial charge in [0.2, 0.25) is 0 Å². The van der Waals surface area contributed by atoms with Gasteiger partial charge in [-0.3, -0.25) is 0 Å². The number of hydrogen-bond acceptors (Lipinski definition) is 2. The van der Waals surface area contributed by atoms with Crippen molar-refractivity contribution in [2.75, 3.05) is 33.2 Å². The topological polar surface area (TPSA) is 15.3 Å². The average molecular weight is 214 g/mol. The van der Waals surface area contributed by atoms with E-state index in [1.807, 2.05) is 0 Å². The molecule has 92 valence electrons. The molecular formula is C13H30N2. The summed E-state index contributed by atoms with van der Waals surface area (Å²) >= 11 is 0. The highest BCUT2D eigenvalue weighted by Crippen LogP contribution is 2.01. The molecule has 0 saturated carbocycles. The maximum absolute atomic E-state index is 3.51. The van der Waals surface area contributed by atoms with Crippen molar-refractivity contribution in [2.45, 2.75) is 46.5 Å². The van der Waals surface area contributed by atoms with E-state index in [0.717, 1.165) is 12.5 Å². The number of rotatable bonds is 10. The van der Waals surface area contributed by atoms with Gasteiger partial charge in [-0.2, -0.15) is 0 Å². The van der Waals surface area contributed by atoms with Crippen LogP contribution >= 0.6 is 0 Å². The Morgan fingerprint density at radius 2 is 1.80 bits per heavy atom. The van der Waals surface area contributed by atoms with Crippen molar-refractivity contribution < 1.29 is 0 Å². The molecule has 0 aromatic rings. The minimum atomic E-state index is 0.846. The van der Waals surface area contributed by atoms with E-state index in [0.29, 0.717) is 0 Å². The van der Waals surface area contributed by atoms with Gasteiger partial charge in [0, 0.05) is 13.1 Å². The Bertz CT molecular complexity index is 124. The summed E-state index contributed by atoms with van der Waals surface area (Å²) in [5, 5.41) is 3.51. The van der Waals surface area contributed by atoms with E-state index in [1.165, 1.54) is 45.3 Å². The van der Waals surface area contributed by atoms with Gasteiger partial charge in [0.15, 0.2) is 0 Å². The molecule has 0 atom stereocenters. The van der Waals surface area contributed by atoms with Gasteiger partial charge >= 0.3 is 0 Å². The fraction of sp³-hybridized carbons (Fsp3) is 1.00. The van der Waals surface area contributed by atoms with Crippen LogP contribution in [0.4, 0.5) is 0 Å². The second-order valence-corrected chi connectivity index (χ2v) is 4.94. The highest BCUT2D eigenvalue weighted by molar-refractivity contribution is 4.55. The van der Waals surface area contributed by atoms with Gasteiger partial charge in [-0.05, 0) is 45.3 Å². The Balaban J connectivity index is 3.09. The molecule has 0 bridgehead atoms. The van der Waals surface area contributed by atoms with E-state index < -0.39 is 0 Å². The maximum Gasteiger partial charge on any atom is 0.0104 e. The zero-order valence-electron chi connectivity index (χ0n) is 11.2. The van der Waals surface area contributed by atoms with Gasteiger partial charge in [0.05, 0.1) is 0 Å². The largest absolute Gasteiger partial charge is 0.315 e. The third-order valence-corrected chi connectivity index (χ3v) is 2.70. The fourth-order valence-corrected chi connectivity index (χ4v) is 1.57. The van der Waals surface area contributed by atoms with Crippen molar-refractivity contribution in [2.24, 2.45) is 5.92 Å². The van der Waals surface area contributed by atoms with Gasteiger partial charge in [-0.25, -0.2) is 0 Å². The quantitative estimate of drug-likeness (QED) is 0.563. The van der Waals surface area contributed by atoms with Crippen LogP contribution in [0.15, 0.2) is 0 Å². The Morgan fingerprint density at radius 1 is 1.07 bits per heavy atom. The molecule has 0 aromatic carbocycles. The van der Waals surface area contributed by atoms with E-state index in [1.54, 1.807) is 0 Å². The van der Waals surface area contributed by atoms with Crippen LogP contribution in [-0.4, -0.2) is 38.1 Å². The predicted octanol–water partition coefficient (Wildman–Crippen LogP) is 2.74. The number of unbranched alkanes of at least 4 members (excludes halogenated alkanes) is 1. The summed E-state index contributed by atoms with van der Waals surface area (Å²) in [6, 6.07) is 0. The first-order valence-electron chi connectivity index (χ1n) is 6.56. The number of hydrogen-bond donors (Lipinski definition) is 1. The highest BCUT2D eigenvalue weighted by atomic mass is 15.1. The summed E-state index contributed by atoms with van der Waals surface area (Å²) in [4.78, 5) is 2.42. The monoisotopic (exact) mass is 214 g/mol. The van der Waals surface area contributed by atoms with E-state index in [2.05, 4.69) is 38.0 Å². The Labute approximate surface area is 96.4 Å². The smallest absolute Gasteiger partial charge is 0.0104 e. The van der Waals surface area contributed by atoms with E-state index >= 15 is 0 Å². The molecule has 0 spiro atoms. The van der Waals surface area contributed by atoms with Crippen molar-refractivity contribution in [3.63, 3.8) is 0 Å². The third kappa shape index (κ3) is 11.8. The van der Waals surface area contributed by atoms with Gasteiger partial charge < -0.3 is 10.2 Å². The summed E-state index contributed by atoms with van der Waals surface area (Å²) < 4.78 is 0. The molecule has 0 radical (unpaired) electrons. The molecule has 0 fully saturated rings. The molecule has 2 heteroatoms. The molecule has 0 aliphatic carbocycles. The molecule has 0 saturated heterocycles. The van der Waals surface area contributed by atoms with Crippen molar-refractivity contribution in [3.05, 3.63) is 0 Å². The average Bonchev–Trinajstić information content (AvgIpc) is 2.19. The molecular weight excluding hydrogens is 184 g/mol. The van der Waals surface area contributed by atoms with E-state index in [-0.39, 0.29) is 0 Å². The fourth-order valence-electron chi connectivity index (χ4n) is 1.57. The second-order valence-electron chi connectivity index (χ2n) is 4.94. The summed E-state index contributed by atoms with van der Waals surface area (Å²) in [7, 11) is 2.21. The van der Waals surface area contributed by atoms with Crippen molar-refractivity contribution in [1.29, 1.82) is 0 Å². The highest BCUT2D eigenvalue weighted by Gasteiger charge is 1.97. The van der Waals surface area contributed by atoms with Crippen LogP contribution in [0.25, 0.3) is 0 Å². The van der Waals surface area contributed by atoms with Crippen LogP contribution in [0, 0.1) is 5.92 Å². The first-order chi connectivity index (χ1) is 7.16. The van der Waals surface area contributed by atoms with Crippen LogP contribution in [0.3, 0.4) is 0 Å². The molecule has 0 aliphatic rings. The SMILES string of the molecule is CCCCN(C)CCNCCCC(C)C. The summed E-state index contributed by atoms with van der Waals surface area (Å²) in [5.74, 6) is 0.846. The Hall–Kier alpha value is -0.0800. The zero-order chi connectivity index (χ0) is 11.5. The number of likely N-dealkylation sites (N-methyl/N-ethyl adjacent to an activating group) is 1. The van der Waals surface area contributed by atoms with Gasteiger partial charge in [-0.15, -0.1) is 0 Å². The summed E-state index contributed by atoms with van der Waals surface area (Å²) in [6.45, 7) is 11.6. The predicted molar refractivity (Wildman–Crippen MR) is 69.3 cm³/mol. The summed E-state index contributed by atoms with van der Waals surface area (Å²) in [6.07, 6.45) is 5.28. The summed E-state index contributed by atoms with van der Waals surface area (Å²) in [5.41, 5.74) is 0. The molecule has 0 aliphatic heterocycles. The van der Waals surface area contributed by atoms with Crippen molar-refractivity contribution >= 4 is 0 Å². The Morgan fingerprint density at radius 3 is 2.40 bits per heavy atom. The Kier molecular flexibility index (Phi) is 10.4. The van der Waals surface area contributed by atoms with E-state index in [9.17, 15) is 0 Å². The van der Waals surface area contributed by atoms with Crippen LogP contribution in [-0.2, 0) is 0 Å². The van der Waals surface area contributed by atoms with Crippen LogP contribution < -0.4 is 5.32 Å². The molecule has 0 unspecified atom stereocenters. The van der Waals surface area contributed by atoms with E-state index in [4.69, 9.17) is 0 Å². The van der Waals surface area contributed by atoms with Gasteiger partial charge in [-0.1, -0.05) is 27.2 Å². The molecule has 0 rings (SSSR count). The van der Waals surface area contributed by atoms with Crippen molar-refractivity contribution in [3.8, 4) is 0 Å². The molecule has 0 amide bonds. The van der Waals surface area contributed by atoms with Crippen LogP contribution in [0.2, 0.25) is 0 Å². The second kappa shape index (κ2) is 10.4. The minimum Gasteiger partial charge on any atom is -0.315 e. The lowest BCUT2D eigenvalue weighted by Gasteiger charge is -2.16. The molecule has 1 N–H and O–H groups in total. The number of nitrogens with zero attached hydrogens (tertiary/aromatic N) is 1. The lowest BCUT2D eigenvalue weighted by atomic mass is 10.1. The minimum absolute atomic E-state index is 0.846. The lowest BCUT2D eigenvalue weighted by Crippen LogP contribution is -2.30. The maximum atomic E-state index is 3.51. The molecule has 2 nitrogen and oxygen atoms in total. The van der Waals surface area contributed by atoms with Crippen LogP contribution in [0.1, 0.15) is 46.5 Å². The first kappa shape index (κ1) is 14.9. The number of nitrogens with one attached hydrogen (secondary N) is 1. The van der Waals surface area contributed by atoms with Crippen molar-refractivity contribution in [1.82, 2.24) is 10.2 Å². The normalized spacial score (nSPS) is 11.6. The molecule has 15 heavy (non-hydrogen) atoms. The molecule has 0 heterocycles. The van der Waals surface area contributed by atoms with Gasteiger partial charge in [0.1, 0.15) is 0 Å². The molecule has 0 aromatic heterocycles. The van der Waals surface area contributed by atoms with Gasteiger partial charge in [0.25, 0.3) is 0 Å². The zero-order valence-corrected chi connectivity index (χ0v) is 11.2. The first-order valence-corrected chi connectivity index (χ1v) is 6.56. The lowest BCUT2D eigenvalue weighted by molar-refractivity contribution is 0.325. The van der Waals surface area contributed by atoms with Crippen LogP contribution in [0.5, 0.6) is 0 Å². The third-order valence-electron chi connectivity index (χ3n) is 2.70. The standard InChI is InChI=1S/C13H30N2/c1-5-6-11-15(4)12-10-14-9-7-8-13(2)3/h13-14H,5-12H2,1-4H3.